The van der Waals surface area contributed by atoms with Gasteiger partial charge < -0.3 is 4.90 Å². The maximum atomic E-state index is 13.0. The molecule has 3 rings (SSSR count). The van der Waals surface area contributed by atoms with Gasteiger partial charge in [0.15, 0.2) is 0 Å². The number of hydrogen-bond acceptors (Lipinski definition) is 3. The van der Waals surface area contributed by atoms with Gasteiger partial charge in [0.25, 0.3) is 5.91 Å². The van der Waals surface area contributed by atoms with Crippen LogP contribution >= 0.6 is 0 Å². The number of benzene rings is 2. The number of rotatable bonds is 6. The normalized spacial score (nSPS) is 16.4. The number of carbonyl (C=O) groups excluding carboxylic acids is 1. The summed E-state index contributed by atoms with van der Waals surface area (Å²) in [6, 6.07) is 14.4. The molecule has 142 valence electrons. The van der Waals surface area contributed by atoms with E-state index in [0.717, 1.165) is 19.3 Å². The zero-order valence-electron chi connectivity index (χ0n) is 15.4. The van der Waals surface area contributed by atoms with Gasteiger partial charge in [-0.1, -0.05) is 36.4 Å². The predicted molar refractivity (Wildman–Crippen MR) is 106 cm³/mol. The number of nitrogens with one attached hydrogen (secondary N) is 1. The van der Waals surface area contributed by atoms with Crippen molar-refractivity contribution in [1.82, 2.24) is 9.62 Å². The molecule has 1 N–H and O–H groups in total. The lowest BCUT2D eigenvalue weighted by Crippen LogP contribution is -2.33. The van der Waals surface area contributed by atoms with Gasteiger partial charge in [0.05, 0.1) is 10.9 Å². The van der Waals surface area contributed by atoms with Crippen LogP contribution in [-0.4, -0.2) is 32.8 Å². The highest BCUT2D eigenvalue weighted by molar-refractivity contribution is 7.89. The van der Waals surface area contributed by atoms with E-state index in [9.17, 15) is 13.2 Å². The number of carbonyl (C=O) groups is 1. The first-order valence-corrected chi connectivity index (χ1v) is 10.5. The highest BCUT2D eigenvalue weighted by atomic mass is 32.2. The Bertz CT molecular complexity index is 953. The smallest absolute Gasteiger partial charge is 0.254 e. The first-order chi connectivity index (χ1) is 12.9. The number of amides is 1. The molecular formula is C21H24N2O3S. The maximum absolute atomic E-state index is 13.0. The second-order valence-electron chi connectivity index (χ2n) is 6.69. The third kappa shape index (κ3) is 4.12. The number of nitrogens with zero attached hydrogens (tertiary/aromatic N) is 1. The van der Waals surface area contributed by atoms with Gasteiger partial charge in [-0.15, -0.1) is 6.58 Å². The van der Waals surface area contributed by atoms with E-state index in [4.69, 9.17) is 0 Å². The molecule has 0 heterocycles. The van der Waals surface area contributed by atoms with Crippen LogP contribution in [0.4, 0.5) is 0 Å². The molecule has 2 aromatic rings. The second-order valence-corrected chi connectivity index (χ2v) is 8.46. The average molecular weight is 385 g/mol. The quantitative estimate of drug-likeness (QED) is 0.777. The molecule has 0 saturated carbocycles. The first kappa shape index (κ1) is 19.3. The lowest BCUT2D eigenvalue weighted by Gasteiger charge is -2.33. The molecule has 1 aliphatic carbocycles. The van der Waals surface area contributed by atoms with Crippen molar-refractivity contribution in [2.24, 2.45) is 0 Å². The fourth-order valence-corrected chi connectivity index (χ4v) is 4.57. The van der Waals surface area contributed by atoms with Crippen molar-refractivity contribution in [2.75, 3.05) is 13.6 Å². The van der Waals surface area contributed by atoms with Gasteiger partial charge in [-0.2, -0.15) is 0 Å². The summed E-state index contributed by atoms with van der Waals surface area (Å²) in [7, 11) is -1.89. The average Bonchev–Trinajstić information content (AvgIpc) is 2.71. The monoisotopic (exact) mass is 384 g/mol. The molecule has 1 atom stereocenters. The Balaban J connectivity index is 1.86. The van der Waals surface area contributed by atoms with Gasteiger partial charge in [0.1, 0.15) is 0 Å². The highest BCUT2D eigenvalue weighted by Crippen LogP contribution is 2.34. The van der Waals surface area contributed by atoms with E-state index in [0.29, 0.717) is 5.56 Å². The van der Waals surface area contributed by atoms with Crippen molar-refractivity contribution in [1.29, 1.82) is 0 Å². The Labute approximate surface area is 160 Å². The lowest BCUT2D eigenvalue weighted by molar-refractivity contribution is 0.0715. The molecule has 0 aliphatic heterocycles. The summed E-state index contributed by atoms with van der Waals surface area (Å²) in [4.78, 5) is 14.8. The Morgan fingerprint density at radius 2 is 2.04 bits per heavy atom. The summed E-state index contributed by atoms with van der Waals surface area (Å²) < 4.78 is 27.1. The van der Waals surface area contributed by atoms with Crippen LogP contribution in [0.1, 0.15) is 40.4 Å². The number of sulfonamides is 1. The lowest BCUT2D eigenvalue weighted by atomic mass is 9.87. The molecule has 0 spiro atoms. The zero-order valence-corrected chi connectivity index (χ0v) is 16.2. The molecule has 5 nitrogen and oxygen atoms in total. The van der Waals surface area contributed by atoms with Gasteiger partial charge in [-0.25, -0.2) is 13.1 Å². The van der Waals surface area contributed by atoms with Crippen molar-refractivity contribution in [2.45, 2.75) is 30.2 Å². The summed E-state index contributed by atoms with van der Waals surface area (Å²) in [5, 5.41) is 0. The van der Waals surface area contributed by atoms with E-state index >= 15 is 0 Å². The molecule has 6 heteroatoms. The van der Waals surface area contributed by atoms with E-state index in [1.165, 1.54) is 29.3 Å². The Morgan fingerprint density at radius 3 is 2.81 bits per heavy atom. The molecule has 0 saturated heterocycles. The number of fused-ring (bicyclic) bond motifs is 1. The largest absolute Gasteiger partial charge is 0.335 e. The molecular weight excluding hydrogens is 360 g/mol. The number of hydrogen-bond donors (Lipinski definition) is 1. The summed E-state index contributed by atoms with van der Waals surface area (Å²) in [6.45, 7) is 3.65. The van der Waals surface area contributed by atoms with E-state index in [1.807, 2.05) is 12.1 Å². The van der Waals surface area contributed by atoms with E-state index in [1.54, 1.807) is 24.1 Å². The fraction of sp³-hybridized carbons (Fsp3) is 0.286. The van der Waals surface area contributed by atoms with Crippen LogP contribution < -0.4 is 4.72 Å². The minimum absolute atomic E-state index is 0.00149. The molecule has 1 amide bonds. The Kier molecular flexibility index (Phi) is 5.77. The Morgan fingerprint density at radius 1 is 1.26 bits per heavy atom. The van der Waals surface area contributed by atoms with Crippen LogP contribution in [0.3, 0.4) is 0 Å². The highest BCUT2D eigenvalue weighted by Gasteiger charge is 2.27. The van der Waals surface area contributed by atoms with Crippen LogP contribution in [0.25, 0.3) is 0 Å². The van der Waals surface area contributed by atoms with Crippen LogP contribution in [0.5, 0.6) is 0 Å². The van der Waals surface area contributed by atoms with Gasteiger partial charge in [-0.05, 0) is 48.6 Å². The topological polar surface area (TPSA) is 66.5 Å². The second kappa shape index (κ2) is 8.06. The van der Waals surface area contributed by atoms with E-state index in [2.05, 4.69) is 23.4 Å². The Hall–Kier alpha value is -2.44. The van der Waals surface area contributed by atoms with Gasteiger partial charge in [0, 0.05) is 19.2 Å². The van der Waals surface area contributed by atoms with Crippen molar-refractivity contribution in [3.05, 3.63) is 77.9 Å². The summed E-state index contributed by atoms with van der Waals surface area (Å²) in [5.41, 5.74) is 2.82. The van der Waals surface area contributed by atoms with E-state index < -0.39 is 10.0 Å². The maximum Gasteiger partial charge on any atom is 0.254 e. The van der Waals surface area contributed by atoms with Crippen molar-refractivity contribution in [3.8, 4) is 0 Å². The standard InChI is InChI=1S/C21H24N2O3S/c1-3-14-22-27(25,26)18-11-6-10-17(15-18)21(24)23(2)20-13-7-9-16-8-4-5-12-19(16)20/h3-6,8,10-12,15,20,22H,1,7,9,13-14H2,2H3/t20-/m0/s1. The molecule has 0 bridgehead atoms. The molecule has 1 aliphatic rings. The minimum Gasteiger partial charge on any atom is -0.335 e. The minimum atomic E-state index is -3.67. The van der Waals surface area contributed by atoms with Crippen LogP contribution in [-0.2, 0) is 16.4 Å². The summed E-state index contributed by atoms with van der Waals surface area (Å²) in [5.74, 6) is -0.183. The number of aryl methyl sites for hydroxylation is 1. The van der Waals surface area contributed by atoms with Crippen molar-refractivity contribution >= 4 is 15.9 Å². The SMILES string of the molecule is C=CCNS(=O)(=O)c1cccc(C(=O)N(C)[C@H]2CCCc3ccccc32)c1. The van der Waals surface area contributed by atoms with Crippen LogP contribution in [0.2, 0.25) is 0 Å². The fourth-order valence-electron chi connectivity index (χ4n) is 3.52. The van der Waals surface area contributed by atoms with Crippen molar-refractivity contribution in [3.63, 3.8) is 0 Å². The van der Waals surface area contributed by atoms with Crippen molar-refractivity contribution < 1.29 is 13.2 Å². The zero-order chi connectivity index (χ0) is 19.4. The van der Waals surface area contributed by atoms with E-state index in [-0.39, 0.29) is 23.4 Å². The molecule has 2 aromatic carbocycles. The molecule has 0 aromatic heterocycles. The molecule has 0 fully saturated rings. The van der Waals surface area contributed by atoms with Gasteiger partial charge >= 0.3 is 0 Å². The summed E-state index contributed by atoms with van der Waals surface area (Å²) >= 11 is 0. The van der Waals surface area contributed by atoms with Crippen LogP contribution in [0, 0.1) is 0 Å². The summed E-state index contributed by atoms with van der Waals surface area (Å²) in [6.07, 6.45) is 4.43. The predicted octanol–water partition coefficient (Wildman–Crippen LogP) is 3.30. The third-order valence-corrected chi connectivity index (χ3v) is 6.36. The third-order valence-electron chi connectivity index (χ3n) is 4.93. The molecule has 0 unspecified atom stereocenters. The first-order valence-electron chi connectivity index (χ1n) is 8.99. The van der Waals surface area contributed by atoms with Crippen LogP contribution in [0.15, 0.2) is 66.1 Å². The van der Waals surface area contributed by atoms with Gasteiger partial charge in [-0.3, -0.25) is 4.79 Å². The van der Waals surface area contributed by atoms with Gasteiger partial charge in [0.2, 0.25) is 10.0 Å². The molecule has 0 radical (unpaired) electrons. The molecule has 27 heavy (non-hydrogen) atoms.